The number of thiophene rings is 1. The van der Waals surface area contributed by atoms with Gasteiger partial charge in [0.25, 0.3) is 0 Å². The molecule has 0 amide bonds. The van der Waals surface area contributed by atoms with Gasteiger partial charge < -0.3 is 10.5 Å². The first kappa shape index (κ1) is 16.1. The van der Waals surface area contributed by atoms with E-state index < -0.39 is 0 Å². The Morgan fingerprint density at radius 2 is 2.00 bits per heavy atom. The molecule has 0 saturated carbocycles. The summed E-state index contributed by atoms with van der Waals surface area (Å²) in [6, 6.07) is 10.5. The molecule has 2 aromatic rings. The van der Waals surface area contributed by atoms with Gasteiger partial charge in [-0.25, -0.2) is 0 Å². The molecule has 2 unspecified atom stereocenters. The van der Waals surface area contributed by atoms with Crippen molar-refractivity contribution in [1.29, 1.82) is 0 Å². The molecule has 0 bridgehead atoms. The lowest BCUT2D eigenvalue weighted by Gasteiger charge is -2.24. The zero-order chi connectivity index (χ0) is 15.4. The highest BCUT2D eigenvalue weighted by atomic mass is 32.1. The second-order valence-electron chi connectivity index (χ2n) is 5.80. The van der Waals surface area contributed by atoms with E-state index in [-0.39, 0.29) is 12.1 Å². The van der Waals surface area contributed by atoms with Crippen molar-refractivity contribution in [2.45, 2.75) is 52.2 Å². The molecule has 114 valence electrons. The molecule has 0 aliphatic heterocycles. The standard InChI is InChI=1S/C18H25NOS/c1-5-16(19)18(17-7-6-10-21-17)20-14-8-9-15(12(2)3)13(4)11-14/h6-12,16,18H,5,19H2,1-4H3. The van der Waals surface area contributed by atoms with E-state index in [1.165, 1.54) is 16.0 Å². The molecular formula is C18H25NOS. The number of benzene rings is 1. The maximum absolute atomic E-state index is 6.25. The van der Waals surface area contributed by atoms with Crippen molar-refractivity contribution in [3.05, 3.63) is 51.7 Å². The summed E-state index contributed by atoms with van der Waals surface area (Å²) in [5.41, 5.74) is 8.90. The van der Waals surface area contributed by atoms with E-state index in [0.717, 1.165) is 12.2 Å². The van der Waals surface area contributed by atoms with E-state index in [1.54, 1.807) is 11.3 Å². The fourth-order valence-corrected chi connectivity index (χ4v) is 3.37. The molecule has 3 heteroatoms. The number of nitrogens with two attached hydrogens (primary N) is 1. The maximum atomic E-state index is 6.25. The Morgan fingerprint density at radius 1 is 1.24 bits per heavy atom. The highest BCUT2D eigenvalue weighted by Gasteiger charge is 2.21. The van der Waals surface area contributed by atoms with E-state index >= 15 is 0 Å². The van der Waals surface area contributed by atoms with Crippen molar-refractivity contribution in [2.75, 3.05) is 0 Å². The number of aryl methyl sites for hydroxylation is 1. The van der Waals surface area contributed by atoms with Crippen LogP contribution in [-0.2, 0) is 0 Å². The van der Waals surface area contributed by atoms with Crippen LogP contribution in [0, 0.1) is 6.92 Å². The first-order valence-corrected chi connectivity index (χ1v) is 8.47. The summed E-state index contributed by atoms with van der Waals surface area (Å²) in [6.07, 6.45) is 0.824. The number of ether oxygens (including phenoxy) is 1. The minimum Gasteiger partial charge on any atom is -0.483 e. The van der Waals surface area contributed by atoms with Gasteiger partial charge in [0.15, 0.2) is 0 Å². The third kappa shape index (κ3) is 3.86. The largest absolute Gasteiger partial charge is 0.483 e. The van der Waals surface area contributed by atoms with Crippen molar-refractivity contribution in [3.8, 4) is 5.75 Å². The number of hydrogen-bond donors (Lipinski definition) is 1. The van der Waals surface area contributed by atoms with Crippen molar-refractivity contribution >= 4 is 11.3 Å². The van der Waals surface area contributed by atoms with E-state index in [4.69, 9.17) is 10.5 Å². The zero-order valence-electron chi connectivity index (χ0n) is 13.3. The lowest BCUT2D eigenvalue weighted by Crippen LogP contribution is -2.30. The summed E-state index contributed by atoms with van der Waals surface area (Å²) < 4.78 is 6.21. The molecule has 2 rings (SSSR count). The van der Waals surface area contributed by atoms with E-state index in [0.29, 0.717) is 5.92 Å². The van der Waals surface area contributed by atoms with Crippen molar-refractivity contribution in [1.82, 2.24) is 0 Å². The predicted molar refractivity (Wildman–Crippen MR) is 91.2 cm³/mol. The molecule has 2 atom stereocenters. The molecule has 0 aliphatic carbocycles. The van der Waals surface area contributed by atoms with Crippen molar-refractivity contribution in [3.63, 3.8) is 0 Å². The molecule has 0 fully saturated rings. The van der Waals surface area contributed by atoms with Gasteiger partial charge in [-0.15, -0.1) is 11.3 Å². The molecule has 0 saturated heterocycles. The Labute approximate surface area is 132 Å². The molecule has 1 aromatic heterocycles. The van der Waals surface area contributed by atoms with Crippen LogP contribution < -0.4 is 10.5 Å². The van der Waals surface area contributed by atoms with Crippen LogP contribution in [0.4, 0.5) is 0 Å². The SMILES string of the molecule is CCC(N)C(Oc1ccc(C(C)C)c(C)c1)c1cccs1. The average molecular weight is 303 g/mol. The Bertz CT molecular complexity index is 563. The number of rotatable bonds is 6. The monoisotopic (exact) mass is 303 g/mol. The van der Waals surface area contributed by atoms with Gasteiger partial charge in [-0.3, -0.25) is 0 Å². The highest BCUT2D eigenvalue weighted by Crippen LogP contribution is 2.30. The van der Waals surface area contributed by atoms with Crippen molar-refractivity contribution in [2.24, 2.45) is 5.73 Å². The molecule has 21 heavy (non-hydrogen) atoms. The maximum Gasteiger partial charge on any atom is 0.148 e. The summed E-state index contributed by atoms with van der Waals surface area (Å²) in [4.78, 5) is 1.19. The normalized spacial score (nSPS) is 14.2. The van der Waals surface area contributed by atoms with Crippen molar-refractivity contribution < 1.29 is 4.74 Å². The zero-order valence-corrected chi connectivity index (χ0v) is 14.1. The molecule has 0 radical (unpaired) electrons. The molecule has 2 N–H and O–H groups in total. The highest BCUT2D eigenvalue weighted by molar-refractivity contribution is 7.10. The van der Waals surface area contributed by atoms with Crippen LogP contribution in [0.2, 0.25) is 0 Å². The third-order valence-corrected chi connectivity index (χ3v) is 4.74. The molecule has 2 nitrogen and oxygen atoms in total. The van der Waals surface area contributed by atoms with Crippen LogP contribution in [0.3, 0.4) is 0 Å². The van der Waals surface area contributed by atoms with E-state index in [1.807, 2.05) is 6.07 Å². The first-order valence-electron chi connectivity index (χ1n) is 7.59. The van der Waals surface area contributed by atoms with Gasteiger partial charge in [0.05, 0.1) is 0 Å². The van der Waals surface area contributed by atoms with Crippen LogP contribution in [0.15, 0.2) is 35.7 Å². The summed E-state index contributed by atoms with van der Waals surface area (Å²) in [7, 11) is 0. The van der Waals surface area contributed by atoms with Gasteiger partial charge in [0.1, 0.15) is 11.9 Å². The van der Waals surface area contributed by atoms with E-state index in [2.05, 4.69) is 57.3 Å². The van der Waals surface area contributed by atoms with Gasteiger partial charge in [-0.1, -0.05) is 32.9 Å². The summed E-state index contributed by atoms with van der Waals surface area (Å²) in [5.74, 6) is 1.43. The van der Waals surface area contributed by atoms with Crippen LogP contribution >= 0.6 is 11.3 Å². The first-order chi connectivity index (χ1) is 10.0. The summed E-state index contributed by atoms with van der Waals surface area (Å²) in [5, 5.41) is 2.07. The molecule has 0 spiro atoms. The second kappa shape index (κ2) is 7.10. The fraction of sp³-hybridized carbons (Fsp3) is 0.444. The van der Waals surface area contributed by atoms with Crippen LogP contribution in [0.25, 0.3) is 0 Å². The van der Waals surface area contributed by atoms with Crippen LogP contribution in [0.1, 0.15) is 55.2 Å². The van der Waals surface area contributed by atoms with E-state index in [9.17, 15) is 0 Å². The molecule has 1 heterocycles. The Morgan fingerprint density at radius 3 is 2.52 bits per heavy atom. The molecule has 0 aliphatic rings. The molecular weight excluding hydrogens is 278 g/mol. The lowest BCUT2D eigenvalue weighted by molar-refractivity contribution is 0.174. The summed E-state index contributed by atoms with van der Waals surface area (Å²) >= 11 is 1.70. The Kier molecular flexibility index (Phi) is 5.43. The Balaban J connectivity index is 2.23. The molecule has 1 aromatic carbocycles. The second-order valence-corrected chi connectivity index (χ2v) is 6.78. The van der Waals surface area contributed by atoms with Gasteiger partial charge in [0.2, 0.25) is 0 Å². The quantitative estimate of drug-likeness (QED) is 0.811. The number of hydrogen-bond acceptors (Lipinski definition) is 3. The minimum atomic E-state index is -0.0701. The topological polar surface area (TPSA) is 35.2 Å². The van der Waals surface area contributed by atoms with Gasteiger partial charge in [0, 0.05) is 10.9 Å². The van der Waals surface area contributed by atoms with Crippen LogP contribution in [-0.4, -0.2) is 6.04 Å². The van der Waals surface area contributed by atoms with Gasteiger partial charge in [-0.05, 0) is 54.0 Å². The summed E-state index contributed by atoms with van der Waals surface area (Å²) in [6.45, 7) is 8.67. The predicted octanol–water partition coefficient (Wildman–Crippen LogP) is 5.04. The van der Waals surface area contributed by atoms with Gasteiger partial charge in [-0.2, -0.15) is 0 Å². The average Bonchev–Trinajstić information content (AvgIpc) is 2.97. The smallest absolute Gasteiger partial charge is 0.148 e. The minimum absolute atomic E-state index is 0.00808. The van der Waals surface area contributed by atoms with Crippen LogP contribution in [0.5, 0.6) is 5.75 Å². The fourth-order valence-electron chi connectivity index (χ4n) is 2.54. The Hall–Kier alpha value is -1.32. The third-order valence-electron chi connectivity index (χ3n) is 3.81. The lowest BCUT2D eigenvalue weighted by atomic mass is 9.98. The van der Waals surface area contributed by atoms with Gasteiger partial charge >= 0.3 is 0 Å².